The number of nitrogens with zero attached hydrogens (tertiary/aromatic N) is 5. The molecule has 40 heavy (non-hydrogen) atoms. The quantitative estimate of drug-likeness (QED) is 0.364. The number of benzene rings is 2. The lowest BCUT2D eigenvalue weighted by Gasteiger charge is -2.36. The van der Waals surface area contributed by atoms with Gasteiger partial charge in [-0.05, 0) is 55.8 Å². The average Bonchev–Trinajstić information content (AvgIpc) is 3.50. The predicted octanol–water partition coefficient (Wildman–Crippen LogP) is 3.88. The lowest BCUT2D eigenvalue weighted by Crippen LogP contribution is -2.49. The lowest BCUT2D eigenvalue weighted by atomic mass is 10.0. The summed E-state index contributed by atoms with van der Waals surface area (Å²) < 4.78 is 45.4. The van der Waals surface area contributed by atoms with Gasteiger partial charge < -0.3 is 14.5 Å². The predicted molar refractivity (Wildman–Crippen MR) is 151 cm³/mol. The molecular weight excluding hydrogens is 533 g/mol. The van der Waals surface area contributed by atoms with Gasteiger partial charge in [-0.15, -0.1) is 0 Å². The third-order valence-corrected chi connectivity index (χ3v) is 9.50. The summed E-state index contributed by atoms with van der Waals surface area (Å²) in [7, 11) is -1.52. The maximum Gasteiger partial charge on any atom is 0.254 e. The number of carbonyl (C=O) groups excluding carboxylic acids is 1. The molecule has 0 aliphatic carbocycles. The first kappa shape index (κ1) is 26.2. The number of rotatable bonds is 5. The Hall–Kier alpha value is -3.99. The molecule has 1 amide bonds. The van der Waals surface area contributed by atoms with Gasteiger partial charge in [0.05, 0.1) is 52.7 Å². The van der Waals surface area contributed by atoms with E-state index < -0.39 is 9.84 Å². The van der Waals surface area contributed by atoms with Gasteiger partial charge in [0.2, 0.25) is 0 Å². The molecule has 1 unspecified atom stereocenters. The van der Waals surface area contributed by atoms with Crippen LogP contribution in [0.2, 0.25) is 0 Å². The molecule has 1 atom stereocenters. The van der Waals surface area contributed by atoms with Crippen molar-refractivity contribution >= 4 is 32.5 Å². The van der Waals surface area contributed by atoms with Crippen LogP contribution in [-0.2, 0) is 9.84 Å². The SMILES string of the molecule is COc1ccccc1N1CCN(C(=O)c2cc(-c3ccc(F)cc3)nc3c2c(C)nn3C2CCS(=O)(=O)C2)CC1. The molecule has 0 saturated carbocycles. The highest BCUT2D eigenvalue weighted by atomic mass is 32.2. The number of anilines is 1. The Morgan fingerprint density at radius 3 is 2.45 bits per heavy atom. The van der Waals surface area contributed by atoms with E-state index >= 15 is 0 Å². The molecule has 208 valence electrons. The van der Waals surface area contributed by atoms with E-state index in [1.807, 2.05) is 36.1 Å². The normalized spacial score (nSPS) is 18.8. The molecule has 0 bridgehead atoms. The fourth-order valence-corrected chi connectivity index (χ4v) is 7.38. The summed E-state index contributed by atoms with van der Waals surface area (Å²) in [6, 6.07) is 15.2. The molecule has 2 saturated heterocycles. The van der Waals surface area contributed by atoms with Crippen LogP contribution in [0.15, 0.2) is 54.6 Å². The Morgan fingerprint density at radius 1 is 1.05 bits per heavy atom. The van der Waals surface area contributed by atoms with Crippen LogP contribution in [0.3, 0.4) is 0 Å². The molecule has 0 N–H and O–H groups in total. The summed E-state index contributed by atoms with van der Waals surface area (Å²) in [4.78, 5) is 22.9. The van der Waals surface area contributed by atoms with Crippen LogP contribution in [0.4, 0.5) is 10.1 Å². The molecule has 2 aromatic carbocycles. The molecular formula is C29H30FN5O4S. The molecule has 9 nitrogen and oxygen atoms in total. The summed E-state index contributed by atoms with van der Waals surface area (Å²) in [5.41, 5.74) is 3.70. The van der Waals surface area contributed by atoms with Gasteiger partial charge in [-0.1, -0.05) is 12.1 Å². The first-order chi connectivity index (χ1) is 19.2. The van der Waals surface area contributed by atoms with Crippen molar-refractivity contribution in [2.24, 2.45) is 0 Å². The molecule has 4 aromatic rings. The number of fused-ring (bicyclic) bond motifs is 1. The number of hydrogen-bond donors (Lipinski definition) is 0. The van der Waals surface area contributed by atoms with Crippen LogP contribution >= 0.6 is 0 Å². The summed E-state index contributed by atoms with van der Waals surface area (Å²) >= 11 is 0. The molecule has 6 rings (SSSR count). The fraction of sp³-hybridized carbons (Fsp3) is 0.345. The Kier molecular flexibility index (Phi) is 6.69. The number of sulfone groups is 1. The number of para-hydroxylation sites is 2. The second-order valence-corrected chi connectivity index (χ2v) is 12.5. The second kappa shape index (κ2) is 10.2. The summed E-state index contributed by atoms with van der Waals surface area (Å²) in [5.74, 6) is 0.361. The first-order valence-electron chi connectivity index (χ1n) is 13.3. The average molecular weight is 564 g/mol. The first-order valence-corrected chi connectivity index (χ1v) is 15.1. The van der Waals surface area contributed by atoms with E-state index in [1.54, 1.807) is 30.0 Å². The lowest BCUT2D eigenvalue weighted by molar-refractivity contribution is 0.0748. The van der Waals surface area contributed by atoms with Crippen molar-refractivity contribution in [1.29, 1.82) is 0 Å². The maximum absolute atomic E-state index is 14.1. The van der Waals surface area contributed by atoms with Gasteiger partial charge in [0.25, 0.3) is 5.91 Å². The van der Waals surface area contributed by atoms with Crippen LogP contribution in [0.5, 0.6) is 5.75 Å². The van der Waals surface area contributed by atoms with E-state index in [0.29, 0.717) is 66.1 Å². The van der Waals surface area contributed by atoms with Gasteiger partial charge in [-0.2, -0.15) is 5.10 Å². The smallest absolute Gasteiger partial charge is 0.254 e. The highest BCUT2D eigenvalue weighted by Crippen LogP contribution is 2.33. The van der Waals surface area contributed by atoms with Gasteiger partial charge >= 0.3 is 0 Å². The van der Waals surface area contributed by atoms with Crippen LogP contribution in [0.1, 0.15) is 28.5 Å². The largest absolute Gasteiger partial charge is 0.495 e. The highest BCUT2D eigenvalue weighted by Gasteiger charge is 2.33. The third-order valence-electron chi connectivity index (χ3n) is 7.75. The standard InChI is InChI=1S/C29H30FN5O4S/c1-19-27-23(29(36)34-14-12-33(13-15-34)25-5-3-4-6-26(25)39-2)17-24(20-7-9-21(30)10-8-20)31-28(27)35(32-19)22-11-16-40(37,38)18-22/h3-10,17,22H,11-16,18H2,1-2H3. The van der Waals surface area contributed by atoms with E-state index in [9.17, 15) is 17.6 Å². The van der Waals surface area contributed by atoms with Gasteiger partial charge in [-0.3, -0.25) is 4.79 Å². The molecule has 2 aromatic heterocycles. The molecule has 0 radical (unpaired) electrons. The number of aryl methyl sites for hydroxylation is 1. The molecule has 11 heteroatoms. The Labute approximate surface area is 232 Å². The van der Waals surface area contributed by atoms with Gasteiger partial charge in [-0.25, -0.2) is 22.5 Å². The van der Waals surface area contributed by atoms with Crippen LogP contribution in [-0.4, -0.2) is 78.8 Å². The van der Waals surface area contributed by atoms with Crippen LogP contribution < -0.4 is 9.64 Å². The molecule has 2 aliphatic rings. The molecule has 2 aliphatic heterocycles. The number of methoxy groups -OCH3 is 1. The van der Waals surface area contributed by atoms with Crippen molar-refractivity contribution in [3.8, 4) is 17.0 Å². The third kappa shape index (κ3) is 4.78. The Morgan fingerprint density at radius 2 is 1.77 bits per heavy atom. The number of amides is 1. The number of aromatic nitrogens is 3. The zero-order valence-electron chi connectivity index (χ0n) is 22.4. The van der Waals surface area contributed by atoms with E-state index in [4.69, 9.17) is 9.72 Å². The van der Waals surface area contributed by atoms with Gasteiger partial charge in [0.1, 0.15) is 11.6 Å². The Balaban J connectivity index is 1.38. The molecule has 2 fully saturated rings. The zero-order valence-corrected chi connectivity index (χ0v) is 23.2. The summed E-state index contributed by atoms with van der Waals surface area (Å²) in [6.07, 6.45) is 0.440. The van der Waals surface area contributed by atoms with Crippen molar-refractivity contribution in [3.05, 3.63) is 71.7 Å². The highest BCUT2D eigenvalue weighted by molar-refractivity contribution is 7.91. The molecule has 0 spiro atoms. The zero-order chi connectivity index (χ0) is 28.0. The minimum absolute atomic E-state index is 0.0140. The number of piperazine rings is 1. The van der Waals surface area contributed by atoms with E-state index in [1.165, 1.54) is 12.1 Å². The summed E-state index contributed by atoms with van der Waals surface area (Å²) in [5, 5.41) is 5.30. The number of hydrogen-bond acceptors (Lipinski definition) is 7. The number of halogens is 1. The van der Waals surface area contributed by atoms with Crippen molar-refractivity contribution in [1.82, 2.24) is 19.7 Å². The monoisotopic (exact) mass is 563 g/mol. The van der Waals surface area contributed by atoms with Crippen molar-refractivity contribution in [2.75, 3.05) is 49.7 Å². The minimum Gasteiger partial charge on any atom is -0.495 e. The summed E-state index contributed by atoms with van der Waals surface area (Å²) in [6.45, 7) is 4.13. The van der Waals surface area contributed by atoms with Crippen molar-refractivity contribution in [2.45, 2.75) is 19.4 Å². The topological polar surface area (TPSA) is 97.6 Å². The van der Waals surface area contributed by atoms with Gasteiger partial charge in [0.15, 0.2) is 15.5 Å². The van der Waals surface area contributed by atoms with Gasteiger partial charge in [0, 0.05) is 31.7 Å². The van der Waals surface area contributed by atoms with E-state index in [0.717, 1.165) is 11.4 Å². The fourth-order valence-electron chi connectivity index (χ4n) is 5.68. The maximum atomic E-state index is 14.1. The van der Waals surface area contributed by atoms with Crippen molar-refractivity contribution < 1.29 is 22.3 Å². The number of pyridine rings is 1. The van der Waals surface area contributed by atoms with Crippen LogP contribution in [0, 0.1) is 12.7 Å². The minimum atomic E-state index is -3.17. The number of carbonyl (C=O) groups is 1. The molecule has 4 heterocycles. The Bertz CT molecular complexity index is 1700. The van der Waals surface area contributed by atoms with Crippen LogP contribution in [0.25, 0.3) is 22.3 Å². The van der Waals surface area contributed by atoms with E-state index in [2.05, 4.69) is 10.00 Å². The van der Waals surface area contributed by atoms with E-state index in [-0.39, 0.29) is 29.3 Å². The second-order valence-electron chi connectivity index (χ2n) is 10.3. The number of ether oxygens (including phenoxy) is 1. The van der Waals surface area contributed by atoms with Crippen molar-refractivity contribution in [3.63, 3.8) is 0 Å².